The zero-order chi connectivity index (χ0) is 24.3. The van der Waals surface area contributed by atoms with E-state index in [1.54, 1.807) is 42.9 Å². The molecular formula is C22H15N5O5S2. The number of nitro benzene ring substituents is 1. The number of aromatic nitrogens is 3. The highest BCUT2D eigenvalue weighted by Crippen LogP contribution is 2.35. The van der Waals surface area contributed by atoms with E-state index in [-0.39, 0.29) is 36.4 Å². The van der Waals surface area contributed by atoms with Gasteiger partial charge in [-0.15, -0.1) is 11.3 Å². The molecule has 1 N–H and O–H groups in total. The van der Waals surface area contributed by atoms with Crippen molar-refractivity contribution in [2.24, 2.45) is 12.0 Å². The van der Waals surface area contributed by atoms with Crippen LogP contribution >= 0.6 is 23.6 Å². The lowest BCUT2D eigenvalue weighted by atomic mass is 10.1. The van der Waals surface area contributed by atoms with E-state index >= 15 is 0 Å². The second kappa shape index (κ2) is 7.71. The lowest BCUT2D eigenvalue weighted by molar-refractivity contribution is -0.385. The van der Waals surface area contributed by atoms with Crippen LogP contribution in [0, 0.1) is 21.0 Å². The Bertz CT molecular complexity index is 1780. The molecular weight excluding hydrogens is 478 g/mol. The number of benzene rings is 2. The van der Waals surface area contributed by atoms with Gasteiger partial charge in [0.2, 0.25) is 5.88 Å². The Labute approximate surface area is 199 Å². The smallest absolute Gasteiger partial charge is 0.296 e. The zero-order valence-electron chi connectivity index (χ0n) is 17.8. The van der Waals surface area contributed by atoms with Crippen LogP contribution in [0.1, 0.15) is 10.6 Å². The van der Waals surface area contributed by atoms with E-state index in [0.29, 0.717) is 11.4 Å². The summed E-state index contributed by atoms with van der Waals surface area (Å²) in [5.74, 6) is -1.06. The predicted octanol–water partition coefficient (Wildman–Crippen LogP) is 2.04. The van der Waals surface area contributed by atoms with E-state index in [4.69, 9.17) is 12.2 Å². The monoisotopic (exact) mass is 493 g/mol. The Kier molecular flexibility index (Phi) is 4.92. The number of hydrogen-bond acceptors (Lipinski definition) is 7. The van der Waals surface area contributed by atoms with Gasteiger partial charge in [0.1, 0.15) is 10.6 Å². The summed E-state index contributed by atoms with van der Waals surface area (Å²) in [4.78, 5) is 40.8. The first-order valence-corrected chi connectivity index (χ1v) is 11.1. The number of carbonyl (C=O) groups is 1. The molecule has 12 heteroatoms. The largest absolute Gasteiger partial charge is 0.493 e. The molecule has 10 nitrogen and oxygen atoms in total. The van der Waals surface area contributed by atoms with Gasteiger partial charge in [0, 0.05) is 24.4 Å². The van der Waals surface area contributed by atoms with E-state index in [2.05, 4.69) is 4.99 Å². The van der Waals surface area contributed by atoms with Gasteiger partial charge in [-0.25, -0.2) is 9.67 Å². The van der Waals surface area contributed by atoms with Gasteiger partial charge in [-0.2, -0.15) is 0 Å². The van der Waals surface area contributed by atoms with Gasteiger partial charge in [-0.1, -0.05) is 18.2 Å². The van der Waals surface area contributed by atoms with Crippen molar-refractivity contribution in [3.05, 3.63) is 94.1 Å². The number of hydrogen-bond donors (Lipinski definition) is 1. The van der Waals surface area contributed by atoms with Crippen molar-refractivity contribution in [1.29, 1.82) is 0 Å². The van der Waals surface area contributed by atoms with Gasteiger partial charge in [0.25, 0.3) is 17.2 Å². The molecule has 5 rings (SSSR count). The molecule has 1 aliphatic heterocycles. The van der Waals surface area contributed by atoms with Crippen LogP contribution in [0.5, 0.6) is 5.88 Å². The zero-order valence-corrected chi connectivity index (χ0v) is 19.4. The van der Waals surface area contributed by atoms with Gasteiger partial charge in [0.05, 0.1) is 27.2 Å². The molecule has 4 aromatic rings. The fourth-order valence-electron chi connectivity index (χ4n) is 3.97. The van der Waals surface area contributed by atoms with Gasteiger partial charge in [-0.05, 0) is 37.3 Å². The topological polar surface area (TPSA) is 125 Å². The minimum Gasteiger partial charge on any atom is -0.493 e. The third-order valence-electron chi connectivity index (χ3n) is 5.66. The average Bonchev–Trinajstić information content (AvgIpc) is 3.36. The number of nitro groups is 1. The molecule has 0 radical (unpaired) electrons. The first kappa shape index (κ1) is 21.7. The minimum atomic E-state index is -0.652. The number of fused-ring (bicyclic) bond motifs is 1. The van der Waals surface area contributed by atoms with Crippen LogP contribution in [0.2, 0.25) is 0 Å². The van der Waals surface area contributed by atoms with Gasteiger partial charge >= 0.3 is 0 Å². The standard InChI is InChI=1S/C22H15N5O5S2/c1-11-17(20(29)26(24(11)2)12-6-4-3-5-7-12)25-21(30)18(34-22(25)33)16-14-10-13(27(31)32)8-9-15(14)23-19(16)28/h3-10,30H,1-2H3. The number of aromatic hydroxyl groups is 1. The first-order valence-electron chi connectivity index (χ1n) is 9.92. The van der Waals surface area contributed by atoms with Crippen LogP contribution in [0.3, 0.4) is 0 Å². The molecule has 3 heterocycles. The van der Waals surface area contributed by atoms with Crippen molar-refractivity contribution in [1.82, 2.24) is 13.9 Å². The summed E-state index contributed by atoms with van der Waals surface area (Å²) in [6.45, 7) is 1.72. The van der Waals surface area contributed by atoms with E-state index in [9.17, 15) is 24.8 Å². The number of thiazole rings is 1. The normalized spacial score (nSPS) is 12.6. The summed E-state index contributed by atoms with van der Waals surface area (Å²) in [5.41, 5.74) is 0.680. The molecule has 1 amide bonds. The number of nitrogens with zero attached hydrogens (tertiary/aromatic N) is 5. The van der Waals surface area contributed by atoms with Crippen LogP contribution in [0.25, 0.3) is 16.9 Å². The molecule has 0 atom stereocenters. The fraction of sp³-hybridized carbons (Fsp3) is 0.0909. The van der Waals surface area contributed by atoms with Crippen molar-refractivity contribution in [3.63, 3.8) is 0 Å². The molecule has 0 bridgehead atoms. The van der Waals surface area contributed by atoms with Crippen molar-refractivity contribution in [2.75, 3.05) is 0 Å². The Morgan fingerprint density at radius 1 is 1.15 bits per heavy atom. The third-order valence-corrected chi connectivity index (χ3v) is 7.04. The molecule has 34 heavy (non-hydrogen) atoms. The van der Waals surface area contributed by atoms with Crippen LogP contribution in [0.4, 0.5) is 5.69 Å². The molecule has 2 aromatic heterocycles. The summed E-state index contributed by atoms with van der Waals surface area (Å²) < 4.78 is 4.46. The molecule has 0 saturated carbocycles. The second-order valence-corrected chi connectivity index (χ2v) is 9.16. The predicted molar refractivity (Wildman–Crippen MR) is 127 cm³/mol. The van der Waals surface area contributed by atoms with Crippen molar-refractivity contribution in [2.45, 2.75) is 6.92 Å². The highest BCUT2D eigenvalue weighted by atomic mass is 32.1. The molecule has 1 aliphatic rings. The SMILES string of the molecule is Cc1c(-n2c(O)c(C3=c4cc([N+](=O)[O-])ccc4=NC3=O)sc2=S)c(=O)n(-c2ccccc2)n1C. The minimum absolute atomic E-state index is 0.00280. The molecule has 0 unspecified atom stereocenters. The molecule has 0 aliphatic carbocycles. The quantitative estimate of drug-likeness (QED) is 0.264. The maximum absolute atomic E-state index is 13.4. The number of rotatable bonds is 4. The van der Waals surface area contributed by atoms with Gasteiger partial charge < -0.3 is 5.11 Å². The lowest BCUT2D eigenvalue weighted by Gasteiger charge is -2.07. The Hall–Kier alpha value is -4.16. The molecule has 0 spiro atoms. The van der Waals surface area contributed by atoms with Crippen molar-refractivity contribution in [3.8, 4) is 17.3 Å². The van der Waals surface area contributed by atoms with E-state index in [0.717, 1.165) is 11.3 Å². The fourth-order valence-corrected chi connectivity index (χ4v) is 5.33. The maximum Gasteiger partial charge on any atom is 0.296 e. The highest BCUT2D eigenvalue weighted by Gasteiger charge is 2.29. The lowest BCUT2D eigenvalue weighted by Crippen LogP contribution is -2.23. The molecule has 0 saturated heterocycles. The molecule has 2 aromatic carbocycles. The third kappa shape index (κ3) is 3.07. The van der Waals surface area contributed by atoms with Crippen molar-refractivity contribution >= 4 is 40.7 Å². The van der Waals surface area contributed by atoms with E-state index in [1.165, 1.54) is 27.4 Å². The number of carbonyl (C=O) groups excluding carboxylic acids is 1. The Morgan fingerprint density at radius 2 is 1.85 bits per heavy atom. The van der Waals surface area contributed by atoms with Crippen LogP contribution in [0.15, 0.2) is 58.3 Å². The summed E-state index contributed by atoms with van der Waals surface area (Å²) >= 11 is 6.40. The molecule has 0 fully saturated rings. The van der Waals surface area contributed by atoms with Crippen LogP contribution < -0.4 is 16.1 Å². The molecule has 170 valence electrons. The Morgan fingerprint density at radius 3 is 2.53 bits per heavy atom. The second-order valence-electron chi connectivity index (χ2n) is 7.52. The maximum atomic E-state index is 13.4. The van der Waals surface area contributed by atoms with E-state index in [1.807, 2.05) is 6.07 Å². The van der Waals surface area contributed by atoms with Gasteiger partial charge in [0.15, 0.2) is 3.95 Å². The Balaban J connectivity index is 1.79. The van der Waals surface area contributed by atoms with Crippen LogP contribution in [-0.2, 0) is 11.8 Å². The summed E-state index contributed by atoms with van der Waals surface area (Å²) in [6, 6.07) is 12.9. The van der Waals surface area contributed by atoms with Crippen LogP contribution in [-0.4, -0.2) is 29.9 Å². The summed E-state index contributed by atoms with van der Waals surface area (Å²) in [6.07, 6.45) is 0. The highest BCUT2D eigenvalue weighted by molar-refractivity contribution is 7.73. The summed E-state index contributed by atoms with van der Waals surface area (Å²) in [7, 11) is 1.71. The first-order chi connectivity index (χ1) is 16.2. The van der Waals surface area contributed by atoms with Crippen molar-refractivity contribution < 1.29 is 14.8 Å². The van der Waals surface area contributed by atoms with Gasteiger partial charge in [-0.3, -0.25) is 29.0 Å². The average molecular weight is 494 g/mol. The number of amides is 1. The summed E-state index contributed by atoms with van der Waals surface area (Å²) in [5, 5.41) is 22.9. The number of non-ortho nitro benzene ring substituents is 1. The van der Waals surface area contributed by atoms with E-state index < -0.39 is 22.3 Å². The number of para-hydroxylation sites is 1.